The molecular formula is C15H18N4O3S. The van der Waals surface area contributed by atoms with E-state index in [4.69, 9.17) is 5.73 Å². The van der Waals surface area contributed by atoms with Gasteiger partial charge in [-0.05, 0) is 38.2 Å². The molecule has 8 heteroatoms. The lowest BCUT2D eigenvalue weighted by molar-refractivity contribution is -0.139. The third-order valence-electron chi connectivity index (χ3n) is 3.94. The first-order valence-corrected chi connectivity index (χ1v) is 8.34. The minimum atomic E-state index is -1.13. The average molecular weight is 334 g/mol. The average Bonchev–Trinajstić information content (AvgIpc) is 2.83. The maximum Gasteiger partial charge on any atom is 0.326 e. The van der Waals surface area contributed by atoms with Crippen molar-refractivity contribution < 1.29 is 14.7 Å². The van der Waals surface area contributed by atoms with E-state index in [0.29, 0.717) is 11.6 Å². The number of aromatic nitrogens is 2. The fourth-order valence-electron chi connectivity index (χ4n) is 2.93. The number of fused-ring (bicyclic) bond motifs is 3. The van der Waals surface area contributed by atoms with E-state index in [1.807, 2.05) is 0 Å². The summed E-state index contributed by atoms with van der Waals surface area (Å²) in [5, 5.41) is 13.1. The summed E-state index contributed by atoms with van der Waals surface area (Å²) in [4.78, 5) is 33.5. The molecule has 0 saturated heterocycles. The van der Waals surface area contributed by atoms with Crippen LogP contribution >= 0.6 is 11.3 Å². The molecule has 0 radical (unpaired) electrons. The number of nitrogens with zero attached hydrogens (tertiary/aromatic N) is 2. The van der Waals surface area contributed by atoms with Gasteiger partial charge in [0, 0.05) is 4.88 Å². The summed E-state index contributed by atoms with van der Waals surface area (Å²) in [5.74, 6) is -0.737. The van der Waals surface area contributed by atoms with Crippen LogP contribution < -0.4 is 11.1 Å². The Kier molecular flexibility index (Phi) is 4.16. The molecule has 0 bridgehead atoms. The number of nitrogens with two attached hydrogens (primary N) is 1. The van der Waals surface area contributed by atoms with Gasteiger partial charge in [0.2, 0.25) is 5.91 Å². The van der Waals surface area contributed by atoms with Crippen molar-refractivity contribution in [3.8, 4) is 0 Å². The SMILES string of the molecule is Cc1nc(NC(CC(N)=O)C(=O)O)c2c3c(sc2n1)CCCC3. The molecule has 1 amide bonds. The minimum absolute atomic E-state index is 0.286. The normalized spacial score (nSPS) is 15.2. The first-order chi connectivity index (χ1) is 11.0. The highest BCUT2D eigenvalue weighted by molar-refractivity contribution is 7.19. The summed E-state index contributed by atoms with van der Waals surface area (Å²) in [5.41, 5.74) is 6.36. The van der Waals surface area contributed by atoms with Gasteiger partial charge < -0.3 is 16.2 Å². The van der Waals surface area contributed by atoms with Crippen LogP contribution in [-0.4, -0.2) is 33.0 Å². The zero-order valence-corrected chi connectivity index (χ0v) is 13.6. The molecule has 0 fully saturated rings. The molecule has 4 N–H and O–H groups in total. The second kappa shape index (κ2) is 6.11. The maximum absolute atomic E-state index is 11.4. The third-order valence-corrected chi connectivity index (χ3v) is 5.13. The van der Waals surface area contributed by atoms with Crippen molar-refractivity contribution >= 4 is 39.2 Å². The van der Waals surface area contributed by atoms with Gasteiger partial charge in [0.1, 0.15) is 22.5 Å². The monoisotopic (exact) mass is 334 g/mol. The second-order valence-corrected chi connectivity index (χ2v) is 6.80. The number of thiophene rings is 1. The van der Waals surface area contributed by atoms with Gasteiger partial charge in [-0.2, -0.15) is 0 Å². The van der Waals surface area contributed by atoms with Gasteiger partial charge >= 0.3 is 5.97 Å². The Labute approximate surface area is 136 Å². The quantitative estimate of drug-likeness (QED) is 0.764. The van der Waals surface area contributed by atoms with E-state index in [0.717, 1.165) is 35.9 Å². The number of rotatable bonds is 5. The van der Waals surface area contributed by atoms with Crippen molar-refractivity contribution in [2.24, 2.45) is 5.73 Å². The van der Waals surface area contributed by atoms with Gasteiger partial charge in [-0.1, -0.05) is 0 Å². The molecule has 0 saturated carbocycles. The number of carbonyl (C=O) groups is 2. The zero-order chi connectivity index (χ0) is 16.6. The van der Waals surface area contributed by atoms with Crippen LogP contribution in [0.2, 0.25) is 0 Å². The second-order valence-electron chi connectivity index (χ2n) is 5.72. The van der Waals surface area contributed by atoms with Crippen LogP contribution in [0.3, 0.4) is 0 Å². The molecule has 0 aromatic carbocycles. The predicted molar refractivity (Wildman–Crippen MR) is 87.7 cm³/mol. The molecule has 0 aliphatic heterocycles. The van der Waals surface area contributed by atoms with Crippen molar-refractivity contribution in [2.75, 3.05) is 5.32 Å². The van der Waals surface area contributed by atoms with E-state index >= 15 is 0 Å². The Balaban J connectivity index is 2.06. The number of nitrogens with one attached hydrogen (secondary N) is 1. The number of amides is 1. The number of aryl methyl sites for hydroxylation is 3. The van der Waals surface area contributed by atoms with Crippen molar-refractivity contribution in [1.82, 2.24) is 9.97 Å². The fraction of sp³-hybridized carbons (Fsp3) is 0.467. The summed E-state index contributed by atoms with van der Waals surface area (Å²) in [7, 11) is 0. The molecule has 7 nitrogen and oxygen atoms in total. The summed E-state index contributed by atoms with van der Waals surface area (Å²) >= 11 is 1.65. The first-order valence-electron chi connectivity index (χ1n) is 7.52. The van der Waals surface area contributed by atoms with Crippen LogP contribution in [0.5, 0.6) is 0 Å². The highest BCUT2D eigenvalue weighted by Crippen LogP contribution is 2.38. The van der Waals surface area contributed by atoms with Crippen LogP contribution in [0.1, 0.15) is 35.5 Å². The van der Waals surface area contributed by atoms with Gasteiger partial charge in [0.15, 0.2) is 0 Å². The fourth-order valence-corrected chi connectivity index (χ4v) is 4.24. The largest absolute Gasteiger partial charge is 0.480 e. The maximum atomic E-state index is 11.4. The summed E-state index contributed by atoms with van der Waals surface area (Å²) in [6, 6.07) is -1.09. The molecule has 3 rings (SSSR count). The smallest absolute Gasteiger partial charge is 0.326 e. The Bertz CT molecular complexity index is 787. The first kappa shape index (κ1) is 15.7. The molecule has 122 valence electrons. The van der Waals surface area contributed by atoms with Crippen molar-refractivity contribution in [3.05, 3.63) is 16.3 Å². The van der Waals surface area contributed by atoms with Gasteiger partial charge in [-0.15, -0.1) is 11.3 Å². The van der Waals surface area contributed by atoms with Gasteiger partial charge in [0.05, 0.1) is 11.8 Å². The molecule has 2 aromatic heterocycles. The third kappa shape index (κ3) is 3.12. The lowest BCUT2D eigenvalue weighted by Gasteiger charge is -2.16. The van der Waals surface area contributed by atoms with Crippen molar-refractivity contribution in [3.63, 3.8) is 0 Å². The molecule has 0 spiro atoms. The highest BCUT2D eigenvalue weighted by Gasteiger charge is 2.25. The van der Waals surface area contributed by atoms with E-state index in [1.165, 1.54) is 10.4 Å². The molecule has 1 aliphatic carbocycles. The molecule has 23 heavy (non-hydrogen) atoms. The summed E-state index contributed by atoms with van der Waals surface area (Å²) in [6.07, 6.45) is 3.96. The Hall–Kier alpha value is -2.22. The Morgan fingerprint density at radius 1 is 1.35 bits per heavy atom. The van der Waals surface area contributed by atoms with E-state index in [9.17, 15) is 14.7 Å². The van der Waals surface area contributed by atoms with E-state index in [-0.39, 0.29) is 6.42 Å². The Morgan fingerprint density at radius 3 is 2.78 bits per heavy atom. The van der Waals surface area contributed by atoms with E-state index < -0.39 is 17.9 Å². The van der Waals surface area contributed by atoms with Crippen molar-refractivity contribution in [1.29, 1.82) is 0 Å². The van der Waals surface area contributed by atoms with Crippen molar-refractivity contribution in [2.45, 2.75) is 45.1 Å². The number of carbonyl (C=O) groups excluding carboxylic acids is 1. The number of carboxylic acid groups (broad SMARTS) is 1. The zero-order valence-electron chi connectivity index (χ0n) is 12.8. The lowest BCUT2D eigenvalue weighted by atomic mass is 9.97. The summed E-state index contributed by atoms with van der Waals surface area (Å²) in [6.45, 7) is 1.77. The molecular weight excluding hydrogens is 316 g/mol. The van der Waals surface area contributed by atoms with Crippen LogP contribution in [0.15, 0.2) is 0 Å². The van der Waals surface area contributed by atoms with Crippen LogP contribution in [0.25, 0.3) is 10.2 Å². The van der Waals surface area contributed by atoms with E-state index in [1.54, 1.807) is 18.3 Å². The number of aliphatic carboxylic acids is 1. The van der Waals surface area contributed by atoms with E-state index in [2.05, 4.69) is 15.3 Å². The number of primary amides is 1. The van der Waals surface area contributed by atoms with Gasteiger partial charge in [-0.25, -0.2) is 14.8 Å². The summed E-state index contributed by atoms with van der Waals surface area (Å²) < 4.78 is 0. The Morgan fingerprint density at radius 2 is 2.09 bits per heavy atom. The van der Waals surface area contributed by atoms with Crippen LogP contribution in [0.4, 0.5) is 5.82 Å². The number of hydrogen-bond donors (Lipinski definition) is 3. The number of hydrogen-bond acceptors (Lipinski definition) is 6. The van der Waals surface area contributed by atoms with Gasteiger partial charge in [0.25, 0.3) is 0 Å². The number of anilines is 1. The van der Waals surface area contributed by atoms with Gasteiger partial charge in [-0.3, -0.25) is 4.79 Å². The predicted octanol–water partition coefficient (Wildman–Crippen LogP) is 1.62. The minimum Gasteiger partial charge on any atom is -0.480 e. The standard InChI is InChI=1S/C15H18N4O3S/c1-7-17-13(19-9(15(21)22)6-11(16)20)12-8-4-2-3-5-10(8)23-14(12)18-7/h9H,2-6H2,1H3,(H2,16,20)(H,21,22)(H,17,18,19). The van der Waals surface area contributed by atoms with Crippen LogP contribution in [-0.2, 0) is 22.4 Å². The highest BCUT2D eigenvalue weighted by atomic mass is 32.1. The molecule has 1 aliphatic rings. The molecule has 2 heterocycles. The topological polar surface area (TPSA) is 118 Å². The van der Waals surface area contributed by atoms with Crippen LogP contribution in [0, 0.1) is 6.92 Å². The number of carboxylic acids is 1. The molecule has 1 unspecified atom stereocenters. The molecule has 1 atom stereocenters. The molecule has 2 aromatic rings. The lowest BCUT2D eigenvalue weighted by Crippen LogP contribution is -2.34.